The van der Waals surface area contributed by atoms with Crippen molar-refractivity contribution in [1.82, 2.24) is 20.3 Å². The summed E-state index contributed by atoms with van der Waals surface area (Å²) in [4.78, 5) is 24.2. The van der Waals surface area contributed by atoms with Crippen molar-refractivity contribution in [2.45, 2.75) is 6.92 Å². The highest BCUT2D eigenvalue weighted by molar-refractivity contribution is 6.07. The zero-order valence-electron chi connectivity index (χ0n) is 11.4. The number of nitrogens with zero attached hydrogens (tertiary/aromatic N) is 3. The number of carbonyl (C=O) groups excluding carboxylic acids is 1. The summed E-state index contributed by atoms with van der Waals surface area (Å²) in [6.45, 7) is 2.34. The van der Waals surface area contributed by atoms with E-state index < -0.39 is 0 Å². The molecule has 2 amide bonds. The van der Waals surface area contributed by atoms with Gasteiger partial charge in [-0.05, 0) is 19.1 Å². The second kappa shape index (κ2) is 6.42. The van der Waals surface area contributed by atoms with Gasteiger partial charge in [0.1, 0.15) is 11.3 Å². The first-order chi connectivity index (χ1) is 10.2. The lowest BCUT2D eigenvalue weighted by Crippen LogP contribution is -2.28. The molecule has 0 fully saturated rings. The summed E-state index contributed by atoms with van der Waals surface area (Å²) in [6.07, 6.45) is 3.89. The Labute approximate surface area is 121 Å². The molecule has 0 saturated carbocycles. The van der Waals surface area contributed by atoms with Gasteiger partial charge in [-0.1, -0.05) is 0 Å². The number of rotatable bonds is 4. The summed E-state index contributed by atoms with van der Waals surface area (Å²) in [5.41, 5.74) is 7.26. The number of aromatic nitrogens is 3. The summed E-state index contributed by atoms with van der Waals surface area (Å²) < 4.78 is 0. The molecule has 0 bridgehead atoms. The molecule has 2 aromatic rings. The lowest BCUT2D eigenvalue weighted by Gasteiger charge is -2.06. The minimum absolute atomic E-state index is 0.338. The fourth-order valence-electron chi connectivity index (χ4n) is 1.63. The Morgan fingerprint density at radius 3 is 2.90 bits per heavy atom. The first kappa shape index (κ1) is 14.4. The van der Waals surface area contributed by atoms with E-state index in [9.17, 15) is 4.79 Å². The Kier molecular flexibility index (Phi) is 4.39. The van der Waals surface area contributed by atoms with E-state index in [1.165, 1.54) is 12.4 Å². The van der Waals surface area contributed by atoms with Crippen LogP contribution in [0.15, 0.2) is 24.5 Å². The van der Waals surface area contributed by atoms with E-state index in [2.05, 4.69) is 25.6 Å². The molecule has 0 atom stereocenters. The zero-order valence-corrected chi connectivity index (χ0v) is 11.4. The third-order valence-corrected chi connectivity index (χ3v) is 2.62. The number of hydrogen-bond acceptors (Lipinski definition) is 6. The first-order valence-corrected chi connectivity index (χ1v) is 6.29. The highest BCUT2D eigenvalue weighted by Gasteiger charge is 2.07. The second-order valence-corrected chi connectivity index (χ2v) is 4.05. The van der Waals surface area contributed by atoms with E-state index >= 15 is 0 Å². The number of hydrogen-bond donors (Lipinski definition) is 4. The Morgan fingerprint density at radius 2 is 2.24 bits per heavy atom. The van der Waals surface area contributed by atoms with Crippen LogP contribution in [0.5, 0.6) is 0 Å². The molecule has 0 radical (unpaired) electrons. The monoisotopic (exact) mass is 285 g/mol. The van der Waals surface area contributed by atoms with Gasteiger partial charge in [0, 0.05) is 24.5 Å². The van der Waals surface area contributed by atoms with Crippen LogP contribution in [0.1, 0.15) is 12.6 Å². The van der Waals surface area contributed by atoms with E-state index in [1.807, 2.05) is 6.92 Å². The van der Waals surface area contributed by atoms with Crippen LogP contribution in [0, 0.1) is 5.41 Å². The molecule has 0 saturated heterocycles. The van der Waals surface area contributed by atoms with Gasteiger partial charge in [0.05, 0.1) is 11.9 Å². The van der Waals surface area contributed by atoms with Crippen LogP contribution < -0.4 is 16.4 Å². The molecule has 8 heteroatoms. The Balaban J connectivity index is 2.36. The smallest absolute Gasteiger partial charge is 0.320 e. The van der Waals surface area contributed by atoms with Gasteiger partial charge in [0.25, 0.3) is 0 Å². The van der Waals surface area contributed by atoms with E-state index in [1.54, 1.807) is 12.1 Å². The molecule has 0 aliphatic rings. The average molecular weight is 285 g/mol. The van der Waals surface area contributed by atoms with E-state index in [0.29, 0.717) is 34.8 Å². The van der Waals surface area contributed by atoms with Crippen LogP contribution in [-0.2, 0) is 0 Å². The van der Waals surface area contributed by atoms with Crippen LogP contribution >= 0.6 is 0 Å². The van der Waals surface area contributed by atoms with Crippen molar-refractivity contribution in [3.05, 3.63) is 30.2 Å². The molecule has 108 valence electrons. The van der Waals surface area contributed by atoms with Crippen molar-refractivity contribution in [3.63, 3.8) is 0 Å². The summed E-state index contributed by atoms with van der Waals surface area (Å²) >= 11 is 0. The van der Waals surface area contributed by atoms with Gasteiger partial charge in [-0.3, -0.25) is 10.3 Å². The normalized spacial score (nSPS) is 11.2. The largest absolute Gasteiger partial charge is 0.404 e. The molecule has 2 heterocycles. The van der Waals surface area contributed by atoms with Crippen molar-refractivity contribution < 1.29 is 4.79 Å². The quantitative estimate of drug-likeness (QED) is 0.625. The zero-order chi connectivity index (χ0) is 15.2. The third kappa shape index (κ3) is 3.30. The minimum atomic E-state index is -0.338. The number of allylic oxidation sites excluding steroid dienone is 1. The van der Waals surface area contributed by atoms with Gasteiger partial charge in [0.2, 0.25) is 0 Å². The van der Waals surface area contributed by atoms with E-state index in [4.69, 9.17) is 11.1 Å². The first-order valence-electron chi connectivity index (χ1n) is 6.29. The van der Waals surface area contributed by atoms with Gasteiger partial charge in [0.15, 0.2) is 5.65 Å². The number of anilines is 1. The molecular formula is C13H15N7O. The standard InChI is InChI=1S/C13H15N7O/c1-2-16-13(21)20-11-4-3-9-12(19-11)18-10(7-17-9)8(5-14)6-15/h3-7,14H,2,15H2,1H3,(H2,16,18,19,20,21)/b8-6+,14-5?. The molecule has 0 aromatic carbocycles. The van der Waals surface area contributed by atoms with Gasteiger partial charge in [-0.25, -0.2) is 14.8 Å². The van der Waals surface area contributed by atoms with Crippen LogP contribution in [0.3, 0.4) is 0 Å². The van der Waals surface area contributed by atoms with E-state index in [0.717, 1.165) is 6.21 Å². The number of carbonyl (C=O) groups is 1. The van der Waals surface area contributed by atoms with Crippen LogP contribution in [-0.4, -0.2) is 33.7 Å². The number of nitrogens with one attached hydrogen (secondary N) is 3. The number of fused-ring (bicyclic) bond motifs is 1. The predicted octanol–water partition coefficient (Wildman–Crippen LogP) is 1.12. The number of pyridine rings is 1. The predicted molar refractivity (Wildman–Crippen MR) is 81.0 cm³/mol. The van der Waals surface area contributed by atoms with E-state index in [-0.39, 0.29) is 6.03 Å². The molecule has 0 aliphatic carbocycles. The van der Waals surface area contributed by atoms with Crippen molar-refractivity contribution in [2.75, 3.05) is 11.9 Å². The molecule has 0 spiro atoms. The van der Waals surface area contributed by atoms with Gasteiger partial charge < -0.3 is 16.5 Å². The van der Waals surface area contributed by atoms with Crippen molar-refractivity contribution in [2.24, 2.45) is 5.73 Å². The number of amides is 2. The Hall–Kier alpha value is -3.03. The summed E-state index contributed by atoms with van der Waals surface area (Å²) in [6, 6.07) is 3.01. The van der Waals surface area contributed by atoms with Crippen molar-refractivity contribution in [1.29, 1.82) is 5.41 Å². The lowest BCUT2D eigenvalue weighted by atomic mass is 10.2. The molecule has 21 heavy (non-hydrogen) atoms. The topological polar surface area (TPSA) is 130 Å². The van der Waals surface area contributed by atoms with Crippen LogP contribution in [0.25, 0.3) is 16.7 Å². The highest BCUT2D eigenvalue weighted by Crippen LogP contribution is 2.14. The average Bonchev–Trinajstić information content (AvgIpc) is 2.48. The van der Waals surface area contributed by atoms with Crippen molar-refractivity contribution >= 4 is 34.8 Å². The second-order valence-electron chi connectivity index (χ2n) is 4.05. The maximum absolute atomic E-state index is 11.5. The summed E-state index contributed by atoms with van der Waals surface area (Å²) in [7, 11) is 0. The molecular weight excluding hydrogens is 270 g/mol. The van der Waals surface area contributed by atoms with Crippen LogP contribution in [0.2, 0.25) is 0 Å². The highest BCUT2D eigenvalue weighted by atomic mass is 16.2. The Bertz CT molecular complexity index is 711. The fraction of sp³-hybridized carbons (Fsp3) is 0.154. The molecule has 2 aromatic heterocycles. The molecule has 8 nitrogen and oxygen atoms in total. The molecule has 5 N–H and O–H groups in total. The van der Waals surface area contributed by atoms with Crippen molar-refractivity contribution in [3.8, 4) is 0 Å². The van der Waals surface area contributed by atoms with Gasteiger partial charge >= 0.3 is 6.03 Å². The maximum Gasteiger partial charge on any atom is 0.320 e. The van der Waals surface area contributed by atoms with Gasteiger partial charge in [-0.2, -0.15) is 0 Å². The molecule has 2 rings (SSSR count). The van der Waals surface area contributed by atoms with Gasteiger partial charge in [-0.15, -0.1) is 0 Å². The maximum atomic E-state index is 11.5. The molecule has 0 unspecified atom stereocenters. The fourth-order valence-corrected chi connectivity index (χ4v) is 1.63. The third-order valence-electron chi connectivity index (χ3n) is 2.62. The summed E-state index contributed by atoms with van der Waals surface area (Å²) in [5, 5.41) is 12.5. The lowest BCUT2D eigenvalue weighted by molar-refractivity contribution is 0.252. The Morgan fingerprint density at radius 1 is 1.43 bits per heavy atom. The number of nitrogens with two attached hydrogens (primary N) is 1. The molecule has 0 aliphatic heterocycles. The summed E-state index contributed by atoms with van der Waals surface area (Å²) in [5.74, 6) is 0.369. The SMILES string of the molecule is CCNC(=O)Nc1ccc2ncc(/C(C=N)=C/N)nc2n1. The van der Waals surface area contributed by atoms with Crippen LogP contribution in [0.4, 0.5) is 10.6 Å². The number of urea groups is 1. The minimum Gasteiger partial charge on any atom is -0.404 e.